The van der Waals surface area contributed by atoms with E-state index in [9.17, 15) is 0 Å². The van der Waals surface area contributed by atoms with Crippen molar-refractivity contribution >= 4 is 5.96 Å². The Bertz CT molecular complexity index is 370. The first-order valence-corrected chi connectivity index (χ1v) is 10.3. The summed E-state index contributed by atoms with van der Waals surface area (Å²) in [6.07, 6.45) is 5.47. The van der Waals surface area contributed by atoms with Crippen LogP contribution in [-0.2, 0) is 18.9 Å². The van der Waals surface area contributed by atoms with Gasteiger partial charge in [-0.2, -0.15) is 0 Å². The Morgan fingerprint density at radius 1 is 1.04 bits per heavy atom. The number of hydrogen-bond donors (Lipinski definition) is 2. The van der Waals surface area contributed by atoms with E-state index in [1.165, 1.54) is 0 Å². The molecule has 2 N–H and O–H groups in total. The Kier molecular flexibility index (Phi) is 11.7. The topological polar surface area (TPSA) is 73.3 Å². The van der Waals surface area contributed by atoms with E-state index < -0.39 is 0 Å². The molecule has 0 aromatic carbocycles. The van der Waals surface area contributed by atoms with Crippen LogP contribution >= 0.6 is 0 Å². The third-order valence-electron chi connectivity index (χ3n) is 4.57. The minimum absolute atomic E-state index is 0.376. The summed E-state index contributed by atoms with van der Waals surface area (Å²) >= 11 is 0. The van der Waals surface area contributed by atoms with Crippen molar-refractivity contribution < 1.29 is 18.9 Å². The molecule has 7 heteroatoms. The zero-order chi connectivity index (χ0) is 18.3. The average molecular weight is 372 g/mol. The van der Waals surface area contributed by atoms with E-state index in [0.29, 0.717) is 12.0 Å². The molecule has 2 saturated heterocycles. The zero-order valence-corrected chi connectivity index (χ0v) is 16.3. The van der Waals surface area contributed by atoms with Gasteiger partial charge in [0.05, 0.1) is 19.3 Å². The monoisotopic (exact) mass is 371 g/mol. The molecule has 0 aromatic heterocycles. The second kappa shape index (κ2) is 14.2. The standard InChI is InChI=1S/C19H37N3O4/c1-2-20-19(21-8-3-10-24-15-17-5-12-25-16-17)22-9-4-11-26-18-6-13-23-14-7-18/h17-18H,2-16H2,1H3,(H2,20,21,22). The number of guanidine groups is 1. The van der Waals surface area contributed by atoms with Gasteiger partial charge in [-0.15, -0.1) is 0 Å². The lowest BCUT2D eigenvalue weighted by Gasteiger charge is -2.22. The Morgan fingerprint density at radius 2 is 1.88 bits per heavy atom. The maximum atomic E-state index is 5.89. The quantitative estimate of drug-likeness (QED) is 0.308. The summed E-state index contributed by atoms with van der Waals surface area (Å²) < 4.78 is 22.3. The van der Waals surface area contributed by atoms with Crippen molar-refractivity contribution in [1.29, 1.82) is 0 Å². The van der Waals surface area contributed by atoms with Crippen LogP contribution in [0.15, 0.2) is 4.99 Å². The molecule has 1 atom stereocenters. The Morgan fingerprint density at radius 3 is 2.65 bits per heavy atom. The fourth-order valence-electron chi connectivity index (χ4n) is 3.04. The second-order valence-corrected chi connectivity index (χ2v) is 6.88. The van der Waals surface area contributed by atoms with Crippen molar-refractivity contribution in [3.05, 3.63) is 0 Å². The molecule has 2 fully saturated rings. The summed E-state index contributed by atoms with van der Waals surface area (Å²) in [6, 6.07) is 0. The molecule has 0 aliphatic carbocycles. The number of ether oxygens (including phenoxy) is 4. The van der Waals surface area contributed by atoms with Crippen LogP contribution in [0, 0.1) is 5.92 Å². The highest BCUT2D eigenvalue weighted by atomic mass is 16.5. The first-order valence-electron chi connectivity index (χ1n) is 10.3. The molecule has 0 bridgehead atoms. The lowest BCUT2D eigenvalue weighted by molar-refractivity contribution is -0.0320. The van der Waals surface area contributed by atoms with Crippen LogP contribution in [0.3, 0.4) is 0 Å². The second-order valence-electron chi connectivity index (χ2n) is 6.88. The van der Waals surface area contributed by atoms with Crippen LogP contribution < -0.4 is 10.6 Å². The summed E-state index contributed by atoms with van der Waals surface area (Å²) in [5, 5.41) is 6.65. The molecule has 152 valence electrons. The molecule has 7 nitrogen and oxygen atoms in total. The van der Waals surface area contributed by atoms with E-state index in [1.54, 1.807) is 0 Å². The highest BCUT2D eigenvalue weighted by Crippen LogP contribution is 2.12. The highest BCUT2D eigenvalue weighted by Gasteiger charge is 2.15. The zero-order valence-electron chi connectivity index (χ0n) is 16.3. The van der Waals surface area contributed by atoms with E-state index in [1.807, 2.05) is 0 Å². The normalized spacial score (nSPS) is 21.9. The van der Waals surface area contributed by atoms with E-state index in [-0.39, 0.29) is 0 Å². The van der Waals surface area contributed by atoms with Crippen molar-refractivity contribution in [1.82, 2.24) is 10.6 Å². The molecular weight excluding hydrogens is 334 g/mol. The van der Waals surface area contributed by atoms with Crippen molar-refractivity contribution in [2.45, 2.75) is 45.1 Å². The van der Waals surface area contributed by atoms with Gasteiger partial charge in [-0.3, -0.25) is 4.99 Å². The number of aliphatic imine (C=N–C) groups is 1. The van der Waals surface area contributed by atoms with Crippen molar-refractivity contribution in [3.8, 4) is 0 Å². The van der Waals surface area contributed by atoms with Gasteiger partial charge < -0.3 is 29.6 Å². The summed E-state index contributed by atoms with van der Waals surface area (Å²) in [4.78, 5) is 4.60. The molecule has 0 amide bonds. The molecule has 2 aliphatic heterocycles. The summed E-state index contributed by atoms with van der Waals surface area (Å²) in [6.45, 7) is 10.4. The molecule has 2 aliphatic rings. The number of hydrogen-bond acceptors (Lipinski definition) is 5. The van der Waals surface area contributed by atoms with Gasteiger partial charge in [0.1, 0.15) is 0 Å². The highest BCUT2D eigenvalue weighted by molar-refractivity contribution is 5.79. The van der Waals surface area contributed by atoms with Crippen LogP contribution in [0.1, 0.15) is 39.0 Å². The summed E-state index contributed by atoms with van der Waals surface area (Å²) in [7, 11) is 0. The van der Waals surface area contributed by atoms with Crippen LogP contribution in [0.5, 0.6) is 0 Å². The smallest absolute Gasteiger partial charge is 0.191 e. The minimum atomic E-state index is 0.376. The largest absolute Gasteiger partial charge is 0.381 e. The Balaban J connectivity index is 1.47. The molecule has 2 heterocycles. The Labute approximate surface area is 158 Å². The van der Waals surface area contributed by atoms with E-state index in [4.69, 9.17) is 18.9 Å². The van der Waals surface area contributed by atoms with Gasteiger partial charge in [0.25, 0.3) is 0 Å². The van der Waals surface area contributed by atoms with Gasteiger partial charge >= 0.3 is 0 Å². The maximum Gasteiger partial charge on any atom is 0.191 e. The third-order valence-corrected chi connectivity index (χ3v) is 4.57. The number of rotatable bonds is 12. The molecule has 26 heavy (non-hydrogen) atoms. The van der Waals surface area contributed by atoms with Crippen LogP contribution in [0.4, 0.5) is 0 Å². The average Bonchev–Trinajstić information content (AvgIpc) is 3.18. The van der Waals surface area contributed by atoms with Gasteiger partial charge in [-0.25, -0.2) is 0 Å². The predicted octanol–water partition coefficient (Wildman–Crippen LogP) is 1.57. The summed E-state index contributed by atoms with van der Waals surface area (Å²) in [5.41, 5.74) is 0. The van der Waals surface area contributed by atoms with E-state index in [0.717, 1.165) is 104 Å². The fourth-order valence-corrected chi connectivity index (χ4v) is 3.04. The number of nitrogens with zero attached hydrogens (tertiary/aromatic N) is 1. The first-order chi connectivity index (χ1) is 12.9. The molecule has 0 spiro atoms. The summed E-state index contributed by atoms with van der Waals surface area (Å²) in [5.74, 6) is 1.46. The van der Waals surface area contributed by atoms with Gasteiger partial charge in [0.15, 0.2) is 5.96 Å². The lowest BCUT2D eigenvalue weighted by atomic mass is 10.1. The van der Waals surface area contributed by atoms with Gasteiger partial charge in [0.2, 0.25) is 0 Å². The van der Waals surface area contributed by atoms with Crippen molar-refractivity contribution in [2.75, 3.05) is 65.9 Å². The molecule has 1 unspecified atom stereocenters. The molecular formula is C19H37N3O4. The van der Waals surface area contributed by atoms with Gasteiger partial charge in [-0.05, 0) is 39.0 Å². The van der Waals surface area contributed by atoms with Gasteiger partial charge in [-0.1, -0.05) is 0 Å². The number of nitrogens with one attached hydrogen (secondary N) is 2. The van der Waals surface area contributed by atoms with E-state index >= 15 is 0 Å². The maximum absolute atomic E-state index is 5.89. The van der Waals surface area contributed by atoms with E-state index in [2.05, 4.69) is 22.5 Å². The van der Waals surface area contributed by atoms with Crippen LogP contribution in [0.25, 0.3) is 0 Å². The molecule has 0 aromatic rings. The lowest BCUT2D eigenvalue weighted by Crippen LogP contribution is -2.38. The van der Waals surface area contributed by atoms with Crippen molar-refractivity contribution in [2.24, 2.45) is 10.9 Å². The SMILES string of the molecule is CCNC(=NCCCOCC1CCOC1)NCCCOC1CCOCC1. The third kappa shape index (κ3) is 9.71. The van der Waals surface area contributed by atoms with Crippen molar-refractivity contribution in [3.63, 3.8) is 0 Å². The van der Waals surface area contributed by atoms with Crippen LogP contribution in [0.2, 0.25) is 0 Å². The van der Waals surface area contributed by atoms with Crippen LogP contribution in [-0.4, -0.2) is 77.9 Å². The molecule has 2 rings (SSSR count). The first kappa shape index (κ1) is 21.4. The molecule has 0 saturated carbocycles. The van der Waals surface area contributed by atoms with Gasteiger partial charge in [0, 0.05) is 58.6 Å². The fraction of sp³-hybridized carbons (Fsp3) is 0.947. The predicted molar refractivity (Wildman–Crippen MR) is 103 cm³/mol. The molecule has 0 radical (unpaired) electrons. The Hall–Kier alpha value is -0.890. The minimum Gasteiger partial charge on any atom is -0.381 e.